The van der Waals surface area contributed by atoms with Crippen molar-refractivity contribution in [1.29, 1.82) is 0 Å². The number of hydrogen-bond donors (Lipinski definition) is 1. The van der Waals surface area contributed by atoms with E-state index in [2.05, 4.69) is 13.8 Å². The zero-order valence-corrected chi connectivity index (χ0v) is 9.66. The zero-order valence-electron chi connectivity index (χ0n) is 7.95. The molecule has 12 heavy (non-hydrogen) atoms. The lowest BCUT2D eigenvalue weighted by molar-refractivity contribution is 0.346. The normalized spacial score (nSPS) is 18.7. The monoisotopic (exact) mass is 211 g/mol. The third-order valence-corrected chi connectivity index (χ3v) is 5.08. The smallest absolute Gasteiger partial charge is 0.310 e. The molecule has 0 spiro atoms. The first kappa shape index (κ1) is 12.5. The molecule has 0 rings (SSSR count). The van der Waals surface area contributed by atoms with E-state index < -0.39 is 6.72 Å². The second-order valence-corrected chi connectivity index (χ2v) is 7.00. The molecule has 2 unspecified atom stereocenters. The summed E-state index contributed by atoms with van der Waals surface area (Å²) in [5, 5.41) is 0. The number of nitrogens with two attached hydrogens (primary N) is 1. The van der Waals surface area contributed by atoms with Crippen LogP contribution in [0.25, 0.3) is 0 Å². The molecule has 0 aromatic carbocycles. The zero-order chi connectivity index (χ0) is 9.61. The fourth-order valence-corrected chi connectivity index (χ4v) is 3.63. The van der Waals surface area contributed by atoms with Gasteiger partial charge in [0, 0.05) is 5.75 Å². The minimum absolute atomic E-state index is 0.418. The Kier molecular flexibility index (Phi) is 6.28. The van der Waals surface area contributed by atoms with Crippen LogP contribution >= 0.6 is 18.1 Å². The second-order valence-electron chi connectivity index (χ2n) is 2.77. The van der Waals surface area contributed by atoms with Crippen LogP contribution in [0.5, 0.6) is 0 Å². The average Bonchev–Trinajstić information content (AvgIpc) is 2.00. The van der Waals surface area contributed by atoms with Crippen LogP contribution in [0.3, 0.4) is 0 Å². The third-order valence-electron chi connectivity index (χ3n) is 1.54. The topological polar surface area (TPSA) is 52.3 Å². The van der Waals surface area contributed by atoms with Crippen molar-refractivity contribution in [3.63, 3.8) is 0 Å². The highest BCUT2D eigenvalue weighted by Crippen LogP contribution is 2.52. The highest BCUT2D eigenvalue weighted by Gasteiger charge is 2.17. The van der Waals surface area contributed by atoms with E-state index >= 15 is 0 Å². The average molecular weight is 211 g/mol. The molecule has 0 saturated heterocycles. The Morgan fingerprint density at radius 1 is 1.58 bits per heavy atom. The van der Waals surface area contributed by atoms with E-state index in [1.165, 1.54) is 11.4 Å². The quantitative estimate of drug-likeness (QED) is 0.686. The molecular formula is C7H18NO2PS. The first-order valence-electron chi connectivity index (χ1n) is 4.19. The van der Waals surface area contributed by atoms with Gasteiger partial charge in [-0.05, 0) is 12.8 Å². The molecule has 0 amide bonds. The van der Waals surface area contributed by atoms with E-state index in [4.69, 9.17) is 10.0 Å². The van der Waals surface area contributed by atoms with Crippen LogP contribution < -0.4 is 5.50 Å². The van der Waals surface area contributed by atoms with Gasteiger partial charge in [-0.25, -0.2) is 0 Å². The van der Waals surface area contributed by atoms with E-state index in [1.807, 2.05) is 0 Å². The van der Waals surface area contributed by atoms with Crippen LogP contribution in [0.15, 0.2) is 0 Å². The van der Waals surface area contributed by atoms with Gasteiger partial charge in [0.15, 0.2) is 0 Å². The van der Waals surface area contributed by atoms with Crippen LogP contribution in [-0.2, 0) is 9.09 Å². The highest BCUT2D eigenvalue weighted by molar-refractivity contribution is 8.55. The Bertz CT molecular complexity index is 165. The largest absolute Gasteiger partial charge is 0.323 e. The Hall–Kier alpha value is 0.500. The molecule has 2 atom stereocenters. The lowest BCUT2D eigenvalue weighted by Gasteiger charge is -2.13. The van der Waals surface area contributed by atoms with E-state index in [-0.39, 0.29) is 0 Å². The summed E-state index contributed by atoms with van der Waals surface area (Å²) in [7, 11) is 0. The van der Waals surface area contributed by atoms with Crippen LogP contribution in [0.1, 0.15) is 27.2 Å². The van der Waals surface area contributed by atoms with E-state index in [9.17, 15) is 4.57 Å². The Morgan fingerprint density at radius 3 is 2.58 bits per heavy atom. The molecule has 0 saturated carbocycles. The molecule has 0 aliphatic heterocycles. The van der Waals surface area contributed by atoms with Gasteiger partial charge in [0.05, 0.1) is 6.61 Å². The van der Waals surface area contributed by atoms with E-state index in [1.54, 1.807) is 6.92 Å². The fourth-order valence-electron chi connectivity index (χ4n) is 0.566. The summed E-state index contributed by atoms with van der Waals surface area (Å²) in [6.07, 6.45) is 1.08. The Labute approximate surface area is 78.7 Å². The SMILES string of the molecule is CCOP(N)(=O)SCC(C)CC. The summed E-state index contributed by atoms with van der Waals surface area (Å²) in [4.78, 5) is 0. The van der Waals surface area contributed by atoms with Crippen molar-refractivity contribution in [2.24, 2.45) is 11.4 Å². The fraction of sp³-hybridized carbons (Fsp3) is 1.00. The van der Waals surface area contributed by atoms with Gasteiger partial charge in [0.1, 0.15) is 0 Å². The lowest BCUT2D eigenvalue weighted by atomic mass is 10.2. The molecule has 0 aliphatic rings. The minimum Gasteiger partial charge on any atom is -0.310 e. The summed E-state index contributed by atoms with van der Waals surface area (Å²) >= 11 is 1.25. The Morgan fingerprint density at radius 2 is 2.17 bits per heavy atom. The van der Waals surface area contributed by atoms with Crippen molar-refractivity contribution in [3.8, 4) is 0 Å². The third kappa shape index (κ3) is 6.06. The summed E-state index contributed by atoms with van der Waals surface area (Å²) < 4.78 is 16.3. The van der Waals surface area contributed by atoms with Crippen LogP contribution in [0.4, 0.5) is 0 Å². The minimum atomic E-state index is -2.84. The first-order chi connectivity index (χ1) is 5.52. The second kappa shape index (κ2) is 6.03. The van der Waals surface area contributed by atoms with Crippen molar-refractivity contribution in [1.82, 2.24) is 0 Å². The standard InChI is InChI=1S/C7H18NO2PS/c1-4-7(3)6-12-11(8,9)10-5-2/h7H,4-6H2,1-3H3,(H2,8,9). The van der Waals surface area contributed by atoms with E-state index in [0.717, 1.165) is 12.2 Å². The van der Waals surface area contributed by atoms with Gasteiger partial charge in [0.2, 0.25) is 0 Å². The first-order valence-corrected chi connectivity index (χ1v) is 7.48. The Balaban J connectivity index is 3.67. The van der Waals surface area contributed by atoms with Gasteiger partial charge in [0.25, 0.3) is 0 Å². The molecule has 5 heteroatoms. The molecule has 0 radical (unpaired) electrons. The van der Waals surface area contributed by atoms with Crippen molar-refractivity contribution in [3.05, 3.63) is 0 Å². The van der Waals surface area contributed by atoms with Gasteiger partial charge in [-0.1, -0.05) is 31.7 Å². The van der Waals surface area contributed by atoms with Crippen molar-refractivity contribution in [2.45, 2.75) is 27.2 Å². The van der Waals surface area contributed by atoms with Gasteiger partial charge in [-0.2, -0.15) is 0 Å². The summed E-state index contributed by atoms with van der Waals surface area (Å²) in [6, 6.07) is 0. The van der Waals surface area contributed by atoms with Crippen LogP contribution in [0, 0.1) is 5.92 Å². The predicted octanol–water partition coefficient (Wildman–Crippen LogP) is 2.87. The predicted molar refractivity (Wildman–Crippen MR) is 55.3 cm³/mol. The molecule has 0 aliphatic carbocycles. The molecule has 0 fully saturated rings. The molecular weight excluding hydrogens is 193 g/mol. The van der Waals surface area contributed by atoms with Crippen LogP contribution in [0.2, 0.25) is 0 Å². The molecule has 74 valence electrons. The van der Waals surface area contributed by atoms with Crippen molar-refractivity contribution >= 4 is 18.1 Å². The maximum atomic E-state index is 11.4. The molecule has 0 heterocycles. The molecule has 2 N–H and O–H groups in total. The maximum absolute atomic E-state index is 11.4. The van der Waals surface area contributed by atoms with E-state index in [0.29, 0.717) is 12.5 Å². The molecule has 0 bridgehead atoms. The molecule has 0 aromatic heterocycles. The van der Waals surface area contributed by atoms with Gasteiger partial charge >= 0.3 is 6.72 Å². The van der Waals surface area contributed by atoms with Crippen molar-refractivity contribution in [2.75, 3.05) is 12.4 Å². The number of hydrogen-bond acceptors (Lipinski definition) is 3. The summed E-state index contributed by atoms with van der Waals surface area (Å²) in [6.45, 7) is 3.58. The highest BCUT2D eigenvalue weighted by atomic mass is 32.7. The van der Waals surface area contributed by atoms with Gasteiger partial charge in [-0.3, -0.25) is 10.1 Å². The lowest BCUT2D eigenvalue weighted by Crippen LogP contribution is -2.01. The number of rotatable bonds is 6. The van der Waals surface area contributed by atoms with Gasteiger partial charge in [-0.15, -0.1) is 0 Å². The molecule has 0 aromatic rings. The van der Waals surface area contributed by atoms with Gasteiger partial charge < -0.3 is 4.52 Å². The van der Waals surface area contributed by atoms with Crippen molar-refractivity contribution < 1.29 is 9.09 Å². The molecule has 3 nitrogen and oxygen atoms in total. The maximum Gasteiger partial charge on any atom is 0.323 e. The van der Waals surface area contributed by atoms with Crippen LogP contribution in [-0.4, -0.2) is 12.4 Å². The summed E-state index contributed by atoms with van der Waals surface area (Å²) in [5.41, 5.74) is 5.43. The summed E-state index contributed by atoms with van der Waals surface area (Å²) in [5.74, 6) is 1.36.